The van der Waals surface area contributed by atoms with Gasteiger partial charge in [-0.3, -0.25) is 0 Å². The zero-order valence-electron chi connectivity index (χ0n) is 12.5. The maximum atomic E-state index is 3.62. The van der Waals surface area contributed by atoms with Crippen molar-refractivity contribution in [3.05, 3.63) is 66.7 Å². The SMILES string of the molecule is CN(c1ccccc1)c1ccc(NC2CC=CCC2)cc1. The Morgan fingerprint density at radius 3 is 2.29 bits per heavy atom. The summed E-state index contributed by atoms with van der Waals surface area (Å²) >= 11 is 0. The number of allylic oxidation sites excluding steroid dienone is 1. The van der Waals surface area contributed by atoms with Crippen LogP contribution < -0.4 is 10.2 Å². The highest BCUT2D eigenvalue weighted by molar-refractivity contribution is 5.64. The molecule has 0 saturated heterocycles. The second kappa shape index (κ2) is 6.49. The molecule has 1 aliphatic rings. The Balaban J connectivity index is 1.67. The van der Waals surface area contributed by atoms with Crippen molar-refractivity contribution in [2.75, 3.05) is 17.3 Å². The number of hydrogen-bond donors (Lipinski definition) is 1. The standard InChI is InChI=1S/C19H22N2/c1-21(18-10-6-3-7-11-18)19-14-12-17(13-15-19)20-16-8-4-2-5-9-16/h2-4,6-7,10-16,20H,5,8-9H2,1H3. The smallest absolute Gasteiger partial charge is 0.0409 e. The largest absolute Gasteiger partial charge is 0.382 e. The second-order valence-corrected chi connectivity index (χ2v) is 5.57. The lowest BCUT2D eigenvalue weighted by atomic mass is 10.0. The predicted molar refractivity (Wildman–Crippen MR) is 91.3 cm³/mol. The van der Waals surface area contributed by atoms with Gasteiger partial charge in [-0.15, -0.1) is 0 Å². The Labute approximate surface area is 127 Å². The molecule has 0 bridgehead atoms. The number of nitrogens with one attached hydrogen (secondary N) is 1. The van der Waals surface area contributed by atoms with Crippen LogP contribution in [0.2, 0.25) is 0 Å². The molecule has 0 aromatic heterocycles. The van der Waals surface area contributed by atoms with E-state index in [0.717, 1.165) is 6.42 Å². The van der Waals surface area contributed by atoms with Crippen LogP contribution in [0.15, 0.2) is 66.7 Å². The van der Waals surface area contributed by atoms with Crippen LogP contribution in [0.25, 0.3) is 0 Å². The third kappa shape index (κ3) is 3.46. The van der Waals surface area contributed by atoms with Gasteiger partial charge in [0.05, 0.1) is 0 Å². The maximum Gasteiger partial charge on any atom is 0.0409 e. The van der Waals surface area contributed by atoms with Crippen molar-refractivity contribution in [3.8, 4) is 0 Å². The lowest BCUT2D eigenvalue weighted by Crippen LogP contribution is -2.20. The average Bonchev–Trinajstić information content (AvgIpc) is 2.57. The molecule has 2 nitrogen and oxygen atoms in total. The van der Waals surface area contributed by atoms with Gasteiger partial charge < -0.3 is 10.2 Å². The van der Waals surface area contributed by atoms with E-state index in [0.29, 0.717) is 6.04 Å². The normalized spacial score (nSPS) is 17.5. The van der Waals surface area contributed by atoms with Crippen molar-refractivity contribution in [1.29, 1.82) is 0 Å². The van der Waals surface area contributed by atoms with Gasteiger partial charge in [-0.05, 0) is 55.7 Å². The Kier molecular flexibility index (Phi) is 4.25. The van der Waals surface area contributed by atoms with E-state index in [1.165, 1.54) is 29.9 Å². The highest BCUT2D eigenvalue weighted by atomic mass is 15.1. The molecular formula is C19H22N2. The van der Waals surface area contributed by atoms with Gasteiger partial charge in [0, 0.05) is 30.2 Å². The van der Waals surface area contributed by atoms with Gasteiger partial charge in [-0.25, -0.2) is 0 Å². The highest BCUT2D eigenvalue weighted by Crippen LogP contribution is 2.25. The van der Waals surface area contributed by atoms with E-state index < -0.39 is 0 Å². The van der Waals surface area contributed by atoms with Crippen molar-refractivity contribution in [2.24, 2.45) is 0 Å². The molecule has 1 aliphatic carbocycles. The first-order chi connectivity index (χ1) is 10.3. The van der Waals surface area contributed by atoms with Crippen LogP contribution in [0.4, 0.5) is 17.1 Å². The fourth-order valence-corrected chi connectivity index (χ4v) is 2.74. The van der Waals surface area contributed by atoms with Crippen LogP contribution in [0.3, 0.4) is 0 Å². The summed E-state index contributed by atoms with van der Waals surface area (Å²) in [6.07, 6.45) is 8.09. The molecule has 2 aromatic carbocycles. The van der Waals surface area contributed by atoms with Gasteiger partial charge in [0.1, 0.15) is 0 Å². The molecule has 0 saturated carbocycles. The van der Waals surface area contributed by atoms with Gasteiger partial charge in [0.2, 0.25) is 0 Å². The third-order valence-electron chi connectivity index (χ3n) is 4.04. The number of anilines is 3. The van der Waals surface area contributed by atoms with Gasteiger partial charge >= 0.3 is 0 Å². The van der Waals surface area contributed by atoms with Crippen LogP contribution in [0, 0.1) is 0 Å². The molecule has 2 heteroatoms. The van der Waals surface area contributed by atoms with E-state index in [4.69, 9.17) is 0 Å². The molecular weight excluding hydrogens is 256 g/mol. The lowest BCUT2D eigenvalue weighted by molar-refractivity contribution is 0.645. The first kappa shape index (κ1) is 13.7. The number of benzene rings is 2. The zero-order chi connectivity index (χ0) is 14.5. The summed E-state index contributed by atoms with van der Waals surface area (Å²) in [5, 5.41) is 3.62. The summed E-state index contributed by atoms with van der Waals surface area (Å²) in [6.45, 7) is 0. The van der Waals surface area contributed by atoms with Crippen LogP contribution in [0.1, 0.15) is 19.3 Å². The monoisotopic (exact) mass is 278 g/mol. The third-order valence-corrected chi connectivity index (χ3v) is 4.04. The molecule has 1 unspecified atom stereocenters. The molecule has 0 amide bonds. The van der Waals surface area contributed by atoms with Crippen molar-refractivity contribution < 1.29 is 0 Å². The average molecular weight is 278 g/mol. The molecule has 3 rings (SSSR count). The maximum absolute atomic E-state index is 3.62. The molecule has 1 N–H and O–H groups in total. The number of rotatable bonds is 4. The second-order valence-electron chi connectivity index (χ2n) is 5.57. The molecule has 1 atom stereocenters. The fraction of sp³-hybridized carbons (Fsp3) is 0.263. The van der Waals surface area contributed by atoms with E-state index in [-0.39, 0.29) is 0 Å². The van der Waals surface area contributed by atoms with Gasteiger partial charge in [-0.1, -0.05) is 30.4 Å². The minimum absolute atomic E-state index is 0.577. The number of hydrogen-bond acceptors (Lipinski definition) is 2. The summed E-state index contributed by atoms with van der Waals surface area (Å²) in [5.41, 5.74) is 3.62. The summed E-state index contributed by atoms with van der Waals surface area (Å²) in [5.74, 6) is 0. The van der Waals surface area contributed by atoms with E-state index in [1.807, 2.05) is 6.07 Å². The van der Waals surface area contributed by atoms with Crippen molar-refractivity contribution in [3.63, 3.8) is 0 Å². The first-order valence-corrected chi connectivity index (χ1v) is 7.63. The topological polar surface area (TPSA) is 15.3 Å². The Hall–Kier alpha value is -2.22. The molecule has 0 heterocycles. The first-order valence-electron chi connectivity index (χ1n) is 7.63. The van der Waals surface area contributed by atoms with Gasteiger partial charge in [0.15, 0.2) is 0 Å². The Morgan fingerprint density at radius 1 is 0.905 bits per heavy atom. The lowest BCUT2D eigenvalue weighted by Gasteiger charge is -2.22. The van der Waals surface area contributed by atoms with E-state index in [1.54, 1.807) is 0 Å². The minimum atomic E-state index is 0.577. The molecule has 2 aromatic rings. The molecule has 21 heavy (non-hydrogen) atoms. The molecule has 0 aliphatic heterocycles. The highest BCUT2D eigenvalue weighted by Gasteiger charge is 2.09. The number of para-hydroxylation sites is 1. The molecule has 0 fully saturated rings. The minimum Gasteiger partial charge on any atom is -0.382 e. The van der Waals surface area contributed by atoms with Crippen LogP contribution in [-0.4, -0.2) is 13.1 Å². The van der Waals surface area contributed by atoms with Crippen molar-refractivity contribution >= 4 is 17.1 Å². The van der Waals surface area contributed by atoms with Crippen LogP contribution in [-0.2, 0) is 0 Å². The Bertz CT molecular complexity index is 587. The van der Waals surface area contributed by atoms with Crippen LogP contribution >= 0.6 is 0 Å². The molecule has 0 radical (unpaired) electrons. The van der Waals surface area contributed by atoms with Crippen LogP contribution in [0.5, 0.6) is 0 Å². The van der Waals surface area contributed by atoms with Gasteiger partial charge in [0.25, 0.3) is 0 Å². The Morgan fingerprint density at radius 2 is 1.62 bits per heavy atom. The predicted octanol–water partition coefficient (Wildman–Crippen LogP) is 4.98. The summed E-state index contributed by atoms with van der Waals surface area (Å²) in [6, 6.07) is 19.7. The summed E-state index contributed by atoms with van der Waals surface area (Å²) < 4.78 is 0. The summed E-state index contributed by atoms with van der Waals surface area (Å²) in [4.78, 5) is 2.20. The van der Waals surface area contributed by atoms with Crippen molar-refractivity contribution in [2.45, 2.75) is 25.3 Å². The van der Waals surface area contributed by atoms with E-state index in [9.17, 15) is 0 Å². The molecule has 108 valence electrons. The molecule has 0 spiro atoms. The van der Waals surface area contributed by atoms with E-state index >= 15 is 0 Å². The fourth-order valence-electron chi connectivity index (χ4n) is 2.74. The van der Waals surface area contributed by atoms with Gasteiger partial charge in [-0.2, -0.15) is 0 Å². The summed E-state index contributed by atoms with van der Waals surface area (Å²) in [7, 11) is 2.10. The number of nitrogens with zero attached hydrogens (tertiary/aromatic N) is 1. The quantitative estimate of drug-likeness (QED) is 0.794. The zero-order valence-corrected chi connectivity index (χ0v) is 12.5. The van der Waals surface area contributed by atoms with Crippen molar-refractivity contribution in [1.82, 2.24) is 0 Å². The van der Waals surface area contributed by atoms with E-state index in [2.05, 4.69) is 77.9 Å².